The van der Waals surface area contributed by atoms with Crippen molar-refractivity contribution in [1.29, 1.82) is 15.8 Å². The molecule has 0 radical (unpaired) electrons. The molecule has 0 aromatic carbocycles. The quantitative estimate of drug-likeness (QED) is 0.794. The van der Waals surface area contributed by atoms with Crippen molar-refractivity contribution >= 4 is 17.6 Å². The van der Waals surface area contributed by atoms with E-state index in [0.717, 1.165) is 6.42 Å². The Bertz CT molecular complexity index is 799. The summed E-state index contributed by atoms with van der Waals surface area (Å²) in [5, 5.41) is 27.9. The smallest absolute Gasteiger partial charge is 0.312 e. The first-order valence-electron chi connectivity index (χ1n) is 8.03. The number of carbonyl (C=O) groups is 1. The van der Waals surface area contributed by atoms with Crippen molar-refractivity contribution in [2.45, 2.75) is 26.2 Å². The minimum Gasteiger partial charge on any atom is -0.466 e. The molecule has 25 heavy (non-hydrogen) atoms. The molecule has 2 rings (SSSR count). The number of piperidine rings is 1. The molecular formula is C17H19N6O2+. The van der Waals surface area contributed by atoms with Gasteiger partial charge in [0, 0.05) is 5.56 Å². The third-order valence-corrected chi connectivity index (χ3v) is 4.20. The van der Waals surface area contributed by atoms with Crippen molar-refractivity contribution < 1.29 is 14.5 Å². The van der Waals surface area contributed by atoms with E-state index in [1.54, 1.807) is 6.92 Å². The number of nitrogens with one attached hydrogen (secondary N) is 1. The number of aromatic amines is 1. The highest BCUT2D eigenvalue weighted by Crippen LogP contribution is 2.28. The Morgan fingerprint density at radius 2 is 2.08 bits per heavy atom. The first-order chi connectivity index (χ1) is 12.1. The molecule has 1 aliphatic heterocycles. The van der Waals surface area contributed by atoms with Gasteiger partial charge in [0.1, 0.15) is 23.3 Å². The summed E-state index contributed by atoms with van der Waals surface area (Å²) in [6.07, 6.45) is 1.39. The lowest BCUT2D eigenvalue weighted by atomic mass is 9.96. The lowest BCUT2D eigenvalue weighted by Gasteiger charge is -2.29. The van der Waals surface area contributed by atoms with E-state index in [4.69, 9.17) is 15.7 Å². The highest BCUT2D eigenvalue weighted by Gasteiger charge is 2.33. The summed E-state index contributed by atoms with van der Waals surface area (Å²) in [5.74, 6) is 0.00718. The van der Waals surface area contributed by atoms with Crippen LogP contribution in [-0.2, 0) is 16.0 Å². The van der Waals surface area contributed by atoms with Crippen LogP contribution in [-0.4, -0.2) is 25.7 Å². The van der Waals surface area contributed by atoms with Gasteiger partial charge in [-0.25, -0.2) is 4.98 Å². The van der Waals surface area contributed by atoms with E-state index < -0.39 is 0 Å². The highest BCUT2D eigenvalue weighted by molar-refractivity contribution is 5.74. The molecule has 1 aliphatic rings. The van der Waals surface area contributed by atoms with Crippen LogP contribution in [0, 0.1) is 39.9 Å². The van der Waals surface area contributed by atoms with Crippen LogP contribution in [0.25, 0.3) is 0 Å². The minimum absolute atomic E-state index is 0.0905. The minimum atomic E-state index is -0.287. The van der Waals surface area contributed by atoms with Gasteiger partial charge in [-0.2, -0.15) is 15.8 Å². The number of aromatic nitrogens is 1. The molecule has 8 nitrogen and oxygen atoms in total. The average molecular weight is 339 g/mol. The highest BCUT2D eigenvalue weighted by atomic mass is 16.5. The van der Waals surface area contributed by atoms with E-state index in [0.29, 0.717) is 37.5 Å². The first-order valence-corrected chi connectivity index (χ1v) is 8.03. The maximum Gasteiger partial charge on any atom is 0.312 e. The number of nitrogens with zero attached hydrogens (tertiary/aromatic N) is 4. The van der Waals surface area contributed by atoms with Crippen LogP contribution >= 0.6 is 0 Å². The zero-order chi connectivity index (χ0) is 18.4. The van der Waals surface area contributed by atoms with Crippen molar-refractivity contribution in [3.05, 3.63) is 16.7 Å². The molecule has 0 spiro atoms. The van der Waals surface area contributed by atoms with Gasteiger partial charge in [-0.05, 0) is 19.8 Å². The second kappa shape index (κ2) is 7.99. The molecule has 0 aliphatic carbocycles. The van der Waals surface area contributed by atoms with Gasteiger partial charge in [0.15, 0.2) is 0 Å². The number of nitrogens with two attached hydrogens (primary N) is 1. The van der Waals surface area contributed by atoms with Crippen LogP contribution in [0.1, 0.15) is 36.5 Å². The fraction of sp³-hybridized carbons (Fsp3) is 0.471. The zero-order valence-electron chi connectivity index (χ0n) is 14.0. The Morgan fingerprint density at radius 3 is 2.68 bits per heavy atom. The molecule has 1 fully saturated rings. The molecule has 1 aromatic rings. The Hall–Kier alpha value is -3.31. The molecule has 1 saturated heterocycles. The fourth-order valence-corrected chi connectivity index (χ4v) is 3.06. The predicted octanol–water partition coefficient (Wildman–Crippen LogP) is 0.672. The number of rotatable bonds is 4. The van der Waals surface area contributed by atoms with Crippen molar-refractivity contribution in [2.75, 3.05) is 30.3 Å². The van der Waals surface area contributed by atoms with Crippen LogP contribution in [0.5, 0.6) is 0 Å². The van der Waals surface area contributed by atoms with Gasteiger partial charge in [-0.15, -0.1) is 0 Å². The summed E-state index contributed by atoms with van der Waals surface area (Å²) in [7, 11) is 0. The molecule has 0 saturated carbocycles. The Morgan fingerprint density at radius 1 is 1.36 bits per heavy atom. The maximum absolute atomic E-state index is 12.0. The van der Waals surface area contributed by atoms with E-state index in [9.17, 15) is 15.3 Å². The monoisotopic (exact) mass is 339 g/mol. The second-order valence-corrected chi connectivity index (χ2v) is 5.71. The fourth-order valence-electron chi connectivity index (χ4n) is 3.06. The molecule has 2 heterocycles. The molecule has 128 valence electrons. The number of nitrogen functional groups attached to an aromatic ring is 1. The number of carbonyl (C=O) groups excluding carboxylic acids is 1. The lowest BCUT2D eigenvalue weighted by Crippen LogP contribution is -2.43. The molecule has 8 heteroatoms. The van der Waals surface area contributed by atoms with E-state index >= 15 is 0 Å². The van der Waals surface area contributed by atoms with Gasteiger partial charge < -0.3 is 10.5 Å². The Kier molecular flexibility index (Phi) is 5.76. The van der Waals surface area contributed by atoms with Gasteiger partial charge in [0.2, 0.25) is 11.6 Å². The van der Waals surface area contributed by atoms with Crippen LogP contribution in [0.2, 0.25) is 0 Å². The Labute approximate surface area is 146 Å². The van der Waals surface area contributed by atoms with Gasteiger partial charge in [-0.1, -0.05) is 0 Å². The van der Waals surface area contributed by atoms with Gasteiger partial charge >= 0.3 is 5.97 Å². The van der Waals surface area contributed by atoms with Crippen LogP contribution in [0.3, 0.4) is 0 Å². The summed E-state index contributed by atoms with van der Waals surface area (Å²) in [6.45, 7) is 3.11. The number of pyridine rings is 1. The summed E-state index contributed by atoms with van der Waals surface area (Å²) in [5.41, 5.74) is 6.57. The summed E-state index contributed by atoms with van der Waals surface area (Å²) >= 11 is 0. The summed E-state index contributed by atoms with van der Waals surface area (Å²) in [6, 6.07) is 5.99. The lowest BCUT2D eigenvalue weighted by molar-refractivity contribution is -0.347. The number of anilines is 2. The zero-order valence-corrected chi connectivity index (χ0v) is 14.0. The van der Waals surface area contributed by atoms with Gasteiger partial charge in [0.25, 0.3) is 0 Å². The normalized spacial score (nSPS) is 16.4. The van der Waals surface area contributed by atoms with Crippen LogP contribution < -0.4 is 15.6 Å². The summed E-state index contributed by atoms with van der Waals surface area (Å²) in [4.78, 5) is 16.8. The van der Waals surface area contributed by atoms with Crippen molar-refractivity contribution in [3.8, 4) is 18.2 Å². The molecule has 0 unspecified atom stereocenters. The first kappa shape index (κ1) is 18.0. The van der Waals surface area contributed by atoms with E-state index in [-0.39, 0.29) is 35.3 Å². The topological polar surface area (TPSA) is 141 Å². The standard InChI is InChI=1S/C17H18N6O2/c1-2-25-17(24)11-4-3-7-23(10-11)16-14(9-20)12(5-6-18)13(8-19)15(21)22-16/h11H,2-5,7,10H2,1H3,(H2,21,22)/p+1/t11-/m1/s1. The number of nitriles is 3. The molecule has 0 bridgehead atoms. The van der Waals surface area contributed by atoms with E-state index in [2.05, 4.69) is 11.1 Å². The van der Waals surface area contributed by atoms with Gasteiger partial charge in [0.05, 0.1) is 38.1 Å². The number of esters is 1. The second-order valence-electron chi connectivity index (χ2n) is 5.71. The van der Waals surface area contributed by atoms with Crippen LogP contribution in [0.15, 0.2) is 0 Å². The maximum atomic E-state index is 12.0. The largest absolute Gasteiger partial charge is 0.466 e. The Balaban J connectivity index is 2.45. The van der Waals surface area contributed by atoms with Gasteiger partial charge in [-0.3, -0.25) is 9.69 Å². The number of hydrogen-bond donors (Lipinski definition) is 1. The predicted molar refractivity (Wildman–Crippen MR) is 87.7 cm³/mol. The molecule has 1 aromatic heterocycles. The van der Waals surface area contributed by atoms with E-state index in [1.165, 1.54) is 0 Å². The average Bonchev–Trinajstić information content (AvgIpc) is 2.62. The van der Waals surface area contributed by atoms with Crippen molar-refractivity contribution in [2.24, 2.45) is 5.92 Å². The van der Waals surface area contributed by atoms with Crippen LogP contribution in [0.4, 0.5) is 11.6 Å². The SMILES string of the molecule is CCOC(=O)[C@@H]1CCCN(c2[nH+]c(N)c(C#N)c(CC#N)c2C#N)C1. The van der Waals surface area contributed by atoms with Crippen molar-refractivity contribution in [3.63, 3.8) is 0 Å². The molecule has 3 N–H and O–H groups in total. The molecular weight excluding hydrogens is 320 g/mol. The number of H-pyrrole nitrogens is 1. The summed E-state index contributed by atoms with van der Waals surface area (Å²) < 4.78 is 5.09. The van der Waals surface area contributed by atoms with Crippen molar-refractivity contribution in [1.82, 2.24) is 0 Å². The number of hydrogen-bond acceptors (Lipinski definition) is 7. The molecule has 0 amide bonds. The number of ether oxygens (including phenoxy) is 1. The third kappa shape index (κ3) is 3.62. The molecule has 1 atom stereocenters. The third-order valence-electron chi connectivity index (χ3n) is 4.20. The van der Waals surface area contributed by atoms with E-state index in [1.807, 2.05) is 17.0 Å².